The predicted molar refractivity (Wildman–Crippen MR) is 70.7 cm³/mol. The van der Waals surface area contributed by atoms with Crippen LogP contribution in [0.2, 0.25) is 0 Å². The van der Waals surface area contributed by atoms with Gasteiger partial charge in [0.15, 0.2) is 5.82 Å². The summed E-state index contributed by atoms with van der Waals surface area (Å²) in [5, 5.41) is 2.48. The Balaban J connectivity index is 2.35. The van der Waals surface area contributed by atoms with E-state index in [2.05, 4.69) is 5.32 Å². The second-order valence-corrected chi connectivity index (χ2v) is 7.18. The van der Waals surface area contributed by atoms with E-state index < -0.39 is 37.1 Å². The average Bonchev–Trinajstić information content (AvgIpc) is 2.76. The quantitative estimate of drug-likeness (QED) is 0.852. The summed E-state index contributed by atoms with van der Waals surface area (Å²) in [6.45, 7) is 2.17. The van der Waals surface area contributed by atoms with Crippen LogP contribution in [0.5, 0.6) is 0 Å². The summed E-state index contributed by atoms with van der Waals surface area (Å²) in [4.78, 5) is 10.9. The van der Waals surface area contributed by atoms with Gasteiger partial charge in [0.05, 0.1) is 17.7 Å². The molecule has 1 aliphatic rings. The molecule has 9 heteroatoms. The number of hydrogen-bond acceptors (Lipinski definition) is 4. The molecule has 1 aromatic carbocycles. The molecule has 1 aliphatic heterocycles. The SMILES string of the molecule is CC1OCCC1NC(=O)c1cc(F)cc(S(=O)(=O)Cl)c1F. The van der Waals surface area contributed by atoms with Gasteiger partial charge in [-0.15, -0.1) is 0 Å². The van der Waals surface area contributed by atoms with Crippen molar-refractivity contribution < 1.29 is 26.7 Å². The highest BCUT2D eigenvalue weighted by Gasteiger charge is 2.29. The molecule has 21 heavy (non-hydrogen) atoms. The van der Waals surface area contributed by atoms with E-state index in [1.807, 2.05) is 0 Å². The molecular weight excluding hydrogens is 328 g/mol. The number of benzene rings is 1. The molecule has 1 heterocycles. The van der Waals surface area contributed by atoms with Crippen molar-refractivity contribution in [1.82, 2.24) is 5.32 Å². The van der Waals surface area contributed by atoms with Crippen LogP contribution in [0.4, 0.5) is 8.78 Å². The summed E-state index contributed by atoms with van der Waals surface area (Å²) < 4.78 is 55.0. The fourth-order valence-corrected chi connectivity index (χ4v) is 2.99. The van der Waals surface area contributed by atoms with Crippen molar-refractivity contribution in [2.75, 3.05) is 6.61 Å². The monoisotopic (exact) mass is 339 g/mol. The van der Waals surface area contributed by atoms with Gasteiger partial charge in [-0.05, 0) is 25.5 Å². The van der Waals surface area contributed by atoms with Gasteiger partial charge < -0.3 is 10.1 Å². The van der Waals surface area contributed by atoms with Gasteiger partial charge in [-0.3, -0.25) is 4.79 Å². The predicted octanol–water partition coefficient (Wildman–Crippen LogP) is 1.80. The third-order valence-electron chi connectivity index (χ3n) is 3.20. The first-order valence-corrected chi connectivity index (χ1v) is 8.37. The first-order chi connectivity index (χ1) is 9.70. The van der Waals surface area contributed by atoms with E-state index in [-0.39, 0.29) is 12.1 Å². The lowest BCUT2D eigenvalue weighted by Gasteiger charge is -2.16. The second-order valence-electron chi connectivity index (χ2n) is 4.65. The zero-order chi connectivity index (χ0) is 15.8. The van der Waals surface area contributed by atoms with E-state index in [1.54, 1.807) is 6.92 Å². The zero-order valence-corrected chi connectivity index (χ0v) is 12.5. The maximum atomic E-state index is 14.0. The molecule has 5 nitrogen and oxygen atoms in total. The lowest BCUT2D eigenvalue weighted by Crippen LogP contribution is -2.39. The standard InChI is InChI=1S/C12H12ClF2NO4S/c1-6-9(2-3-20-6)16-12(17)8-4-7(14)5-10(11(8)15)21(13,18)19/h4-6,9H,2-3H2,1H3,(H,16,17). The van der Waals surface area contributed by atoms with Gasteiger partial charge in [-0.2, -0.15) is 0 Å². The number of halogens is 3. The van der Waals surface area contributed by atoms with Gasteiger partial charge in [0, 0.05) is 17.3 Å². The number of rotatable bonds is 3. The van der Waals surface area contributed by atoms with Gasteiger partial charge >= 0.3 is 0 Å². The Morgan fingerprint density at radius 2 is 2.10 bits per heavy atom. The Morgan fingerprint density at radius 1 is 1.43 bits per heavy atom. The van der Waals surface area contributed by atoms with Crippen LogP contribution in [0, 0.1) is 11.6 Å². The minimum absolute atomic E-state index is 0.262. The number of hydrogen-bond donors (Lipinski definition) is 1. The third kappa shape index (κ3) is 3.50. The highest BCUT2D eigenvalue weighted by Crippen LogP contribution is 2.24. The molecule has 2 atom stereocenters. The van der Waals surface area contributed by atoms with Crippen molar-refractivity contribution in [2.45, 2.75) is 30.4 Å². The fourth-order valence-electron chi connectivity index (χ4n) is 2.07. The first-order valence-electron chi connectivity index (χ1n) is 6.06. The molecule has 1 amide bonds. The molecule has 1 fully saturated rings. The maximum Gasteiger partial charge on any atom is 0.264 e. The largest absolute Gasteiger partial charge is 0.376 e. The van der Waals surface area contributed by atoms with Crippen molar-refractivity contribution in [1.29, 1.82) is 0 Å². The molecule has 0 bridgehead atoms. The van der Waals surface area contributed by atoms with E-state index in [9.17, 15) is 22.0 Å². The van der Waals surface area contributed by atoms with Crippen LogP contribution < -0.4 is 5.32 Å². The smallest absolute Gasteiger partial charge is 0.264 e. The van der Waals surface area contributed by atoms with Crippen LogP contribution in [0.25, 0.3) is 0 Å². The lowest BCUT2D eigenvalue weighted by atomic mass is 10.1. The van der Waals surface area contributed by atoms with Crippen LogP contribution in [-0.2, 0) is 13.8 Å². The molecule has 0 spiro atoms. The van der Waals surface area contributed by atoms with Crippen LogP contribution in [0.1, 0.15) is 23.7 Å². The molecule has 0 saturated carbocycles. The van der Waals surface area contributed by atoms with Gasteiger partial charge in [0.2, 0.25) is 0 Å². The van der Waals surface area contributed by atoms with E-state index in [1.165, 1.54) is 0 Å². The van der Waals surface area contributed by atoms with Gasteiger partial charge in [-0.1, -0.05) is 0 Å². The van der Waals surface area contributed by atoms with E-state index in [0.29, 0.717) is 25.2 Å². The van der Waals surface area contributed by atoms with Crippen molar-refractivity contribution in [3.8, 4) is 0 Å². The number of ether oxygens (including phenoxy) is 1. The number of carbonyl (C=O) groups is 1. The number of amides is 1. The van der Waals surface area contributed by atoms with Gasteiger partial charge in [0.1, 0.15) is 10.7 Å². The summed E-state index contributed by atoms with van der Waals surface area (Å²) in [7, 11) is 0.522. The summed E-state index contributed by atoms with van der Waals surface area (Å²) in [6.07, 6.45) is 0.270. The van der Waals surface area contributed by atoms with Crippen LogP contribution in [0.15, 0.2) is 17.0 Å². The Kier molecular flexibility index (Phi) is 4.50. The molecule has 1 N–H and O–H groups in total. The van der Waals surface area contributed by atoms with Crippen LogP contribution in [-0.4, -0.2) is 33.1 Å². The molecule has 0 radical (unpaired) electrons. The van der Waals surface area contributed by atoms with Crippen molar-refractivity contribution >= 4 is 25.6 Å². The summed E-state index contributed by atoms with van der Waals surface area (Å²) >= 11 is 0. The normalized spacial score (nSPS) is 22.3. The molecule has 1 saturated heterocycles. The van der Waals surface area contributed by atoms with Crippen molar-refractivity contribution in [3.63, 3.8) is 0 Å². The molecular formula is C12H12ClF2NO4S. The fraction of sp³-hybridized carbons (Fsp3) is 0.417. The average molecular weight is 340 g/mol. The minimum atomic E-state index is -4.50. The molecule has 116 valence electrons. The molecule has 2 rings (SSSR count). The molecule has 0 aromatic heterocycles. The summed E-state index contributed by atoms with van der Waals surface area (Å²) in [6, 6.07) is 0.697. The highest BCUT2D eigenvalue weighted by molar-refractivity contribution is 8.13. The minimum Gasteiger partial charge on any atom is -0.376 e. The first kappa shape index (κ1) is 16.1. The summed E-state index contributed by atoms with van der Waals surface area (Å²) in [5.74, 6) is -3.37. The maximum absolute atomic E-state index is 14.0. The van der Waals surface area contributed by atoms with Gasteiger partial charge in [-0.25, -0.2) is 17.2 Å². The van der Waals surface area contributed by atoms with E-state index in [4.69, 9.17) is 15.4 Å². The van der Waals surface area contributed by atoms with Crippen LogP contribution in [0.3, 0.4) is 0 Å². The molecule has 2 unspecified atom stereocenters. The topological polar surface area (TPSA) is 72.5 Å². The Morgan fingerprint density at radius 3 is 2.62 bits per heavy atom. The number of nitrogens with one attached hydrogen (secondary N) is 1. The van der Waals surface area contributed by atoms with E-state index in [0.717, 1.165) is 0 Å². The Labute approximate surface area is 124 Å². The molecule has 0 aliphatic carbocycles. The van der Waals surface area contributed by atoms with Crippen molar-refractivity contribution in [2.24, 2.45) is 0 Å². The highest BCUT2D eigenvalue weighted by atomic mass is 35.7. The Bertz CT molecular complexity index is 680. The second kappa shape index (κ2) is 5.86. The third-order valence-corrected chi connectivity index (χ3v) is 4.53. The Hall–Kier alpha value is -1.25. The lowest BCUT2D eigenvalue weighted by molar-refractivity contribution is 0.0861. The summed E-state index contributed by atoms with van der Waals surface area (Å²) in [5.41, 5.74) is -0.715. The van der Waals surface area contributed by atoms with Gasteiger partial charge in [0.25, 0.3) is 15.0 Å². The number of carbonyl (C=O) groups excluding carboxylic acids is 1. The molecule has 1 aromatic rings. The van der Waals surface area contributed by atoms with Crippen LogP contribution >= 0.6 is 10.7 Å². The van der Waals surface area contributed by atoms with E-state index >= 15 is 0 Å². The van der Waals surface area contributed by atoms with Crippen molar-refractivity contribution in [3.05, 3.63) is 29.3 Å². The zero-order valence-electron chi connectivity index (χ0n) is 10.9.